The molecule has 0 heterocycles. The summed E-state index contributed by atoms with van der Waals surface area (Å²) < 4.78 is 100. The fourth-order valence-electron chi connectivity index (χ4n) is 1.55. The van der Waals surface area contributed by atoms with E-state index in [2.05, 4.69) is 31.9 Å². The van der Waals surface area contributed by atoms with Gasteiger partial charge in [0.2, 0.25) is 10.0 Å². The van der Waals surface area contributed by atoms with Crippen LogP contribution in [0, 0.1) is 0 Å². The summed E-state index contributed by atoms with van der Waals surface area (Å²) >= 11 is 5.35. The Morgan fingerprint density at radius 1 is 1.00 bits per heavy atom. The largest absolute Gasteiger partial charge is 0.430 e. The predicted molar refractivity (Wildman–Crippen MR) is 76.3 cm³/mol. The summed E-state index contributed by atoms with van der Waals surface area (Å²) in [5.74, 6) is 0. The van der Waals surface area contributed by atoms with Crippen molar-refractivity contribution in [2.24, 2.45) is 0 Å². The summed E-state index contributed by atoms with van der Waals surface area (Å²) in [5, 5.41) is 9.30. The lowest BCUT2D eigenvalue weighted by atomic mass is 9.92. The number of rotatable bonds is 3. The molecule has 0 aliphatic carbocycles. The molecule has 1 aromatic carbocycles. The maximum absolute atomic E-state index is 12.8. The van der Waals surface area contributed by atoms with Crippen molar-refractivity contribution in [1.82, 2.24) is 0 Å². The van der Waals surface area contributed by atoms with E-state index in [0.717, 1.165) is 6.26 Å². The van der Waals surface area contributed by atoms with Gasteiger partial charge in [0.1, 0.15) is 0 Å². The minimum Gasteiger partial charge on any atom is -0.369 e. The number of benzene rings is 1. The van der Waals surface area contributed by atoms with Crippen LogP contribution in [0.1, 0.15) is 5.56 Å². The number of sulfonamides is 1. The number of halogens is 8. The van der Waals surface area contributed by atoms with Crippen LogP contribution in [0.4, 0.5) is 32.0 Å². The summed E-state index contributed by atoms with van der Waals surface area (Å²) in [6.07, 6.45) is -11.4. The Hall–Kier alpha value is -0.530. The van der Waals surface area contributed by atoms with Crippen LogP contribution in [0.5, 0.6) is 0 Å². The number of hydrogen-bond acceptors (Lipinski definition) is 3. The average molecular weight is 495 g/mol. The third-order valence-electron chi connectivity index (χ3n) is 2.57. The molecule has 0 aliphatic heterocycles. The number of hydrogen-bond donors (Lipinski definition) is 2. The molecule has 0 atom stereocenters. The minimum atomic E-state index is -6.05. The van der Waals surface area contributed by atoms with E-state index < -0.39 is 42.5 Å². The SMILES string of the molecule is CS(=O)(=O)Nc1c(Br)cc(C(O)(C(F)(F)F)C(F)(F)F)cc1Br. The van der Waals surface area contributed by atoms with Gasteiger partial charge in [-0.25, -0.2) is 8.42 Å². The van der Waals surface area contributed by atoms with E-state index in [-0.39, 0.29) is 5.69 Å². The summed E-state index contributed by atoms with van der Waals surface area (Å²) in [4.78, 5) is 0. The molecule has 1 rings (SSSR count). The standard InChI is InChI=1S/C10H7Br2F6NO3S/c1-23(21,22)19-7-5(11)2-4(3-6(7)12)8(20,9(13,14)15)10(16,17)18/h2-3,19-20H,1H3. The zero-order valence-corrected chi connectivity index (χ0v) is 14.8. The van der Waals surface area contributed by atoms with Gasteiger partial charge < -0.3 is 5.11 Å². The lowest BCUT2D eigenvalue weighted by molar-refractivity contribution is -0.376. The molecule has 0 bridgehead atoms. The first kappa shape index (κ1) is 20.5. The number of aliphatic hydroxyl groups is 1. The highest BCUT2D eigenvalue weighted by atomic mass is 79.9. The maximum Gasteiger partial charge on any atom is 0.430 e. The van der Waals surface area contributed by atoms with Crippen LogP contribution in [-0.2, 0) is 15.6 Å². The van der Waals surface area contributed by atoms with Crippen molar-refractivity contribution in [2.75, 3.05) is 11.0 Å². The monoisotopic (exact) mass is 493 g/mol. The van der Waals surface area contributed by atoms with Gasteiger partial charge in [0.05, 0.1) is 11.9 Å². The Morgan fingerprint density at radius 2 is 1.35 bits per heavy atom. The van der Waals surface area contributed by atoms with Crippen LogP contribution >= 0.6 is 31.9 Å². The van der Waals surface area contributed by atoms with Crippen molar-refractivity contribution in [3.63, 3.8) is 0 Å². The Labute approximate surface area is 143 Å². The van der Waals surface area contributed by atoms with Crippen molar-refractivity contribution in [3.05, 3.63) is 26.6 Å². The number of alkyl halides is 6. The maximum atomic E-state index is 12.8. The van der Waals surface area contributed by atoms with Gasteiger partial charge in [0.15, 0.2) is 0 Å². The minimum absolute atomic E-state index is 0.317. The summed E-state index contributed by atoms with van der Waals surface area (Å²) in [6.45, 7) is 0. The molecule has 0 unspecified atom stereocenters. The summed E-state index contributed by atoms with van der Waals surface area (Å²) in [5.41, 5.74) is -6.97. The van der Waals surface area contributed by atoms with Crippen molar-refractivity contribution in [1.29, 1.82) is 0 Å². The topological polar surface area (TPSA) is 66.4 Å². The Morgan fingerprint density at radius 3 is 1.61 bits per heavy atom. The van der Waals surface area contributed by atoms with Crippen molar-refractivity contribution in [3.8, 4) is 0 Å². The van der Waals surface area contributed by atoms with Crippen LogP contribution < -0.4 is 4.72 Å². The molecule has 2 N–H and O–H groups in total. The van der Waals surface area contributed by atoms with Crippen LogP contribution in [0.15, 0.2) is 21.1 Å². The molecule has 0 aliphatic rings. The van der Waals surface area contributed by atoms with Gasteiger partial charge >= 0.3 is 12.4 Å². The van der Waals surface area contributed by atoms with Gasteiger partial charge in [0, 0.05) is 14.5 Å². The molecule has 4 nitrogen and oxygen atoms in total. The van der Waals surface area contributed by atoms with E-state index in [9.17, 15) is 39.9 Å². The quantitative estimate of drug-likeness (QED) is 0.626. The lowest BCUT2D eigenvalue weighted by Crippen LogP contribution is -2.53. The fourth-order valence-corrected chi connectivity index (χ4v) is 3.79. The van der Waals surface area contributed by atoms with Crippen molar-refractivity contribution >= 4 is 47.6 Å². The highest BCUT2D eigenvalue weighted by molar-refractivity contribution is 9.11. The molecule has 0 radical (unpaired) electrons. The molecular formula is C10H7Br2F6NO3S. The first-order chi connectivity index (χ1) is 10.0. The first-order valence-electron chi connectivity index (χ1n) is 5.34. The van der Waals surface area contributed by atoms with E-state index in [1.165, 1.54) is 0 Å². The van der Waals surface area contributed by atoms with Crippen LogP contribution in [-0.4, -0.2) is 32.1 Å². The van der Waals surface area contributed by atoms with Crippen molar-refractivity contribution < 1.29 is 39.9 Å². The highest BCUT2D eigenvalue weighted by Gasteiger charge is 2.71. The van der Waals surface area contributed by atoms with Gasteiger partial charge in [-0.2, -0.15) is 26.3 Å². The second kappa shape index (κ2) is 6.08. The van der Waals surface area contributed by atoms with E-state index in [4.69, 9.17) is 0 Å². The lowest BCUT2D eigenvalue weighted by Gasteiger charge is -2.33. The molecule has 0 fully saturated rings. The molecule has 0 saturated carbocycles. The Kier molecular flexibility index (Phi) is 5.42. The van der Waals surface area contributed by atoms with Gasteiger partial charge in [0.25, 0.3) is 5.60 Å². The van der Waals surface area contributed by atoms with Crippen molar-refractivity contribution in [2.45, 2.75) is 18.0 Å². The summed E-state index contributed by atoms with van der Waals surface area (Å²) in [7, 11) is -3.84. The van der Waals surface area contributed by atoms with E-state index in [0.29, 0.717) is 12.1 Å². The second-order valence-corrected chi connectivity index (χ2v) is 7.85. The molecule has 0 saturated heterocycles. The zero-order chi connectivity index (χ0) is 18.4. The number of nitrogens with one attached hydrogen (secondary N) is 1. The van der Waals surface area contributed by atoms with E-state index in [1.807, 2.05) is 4.72 Å². The fraction of sp³-hybridized carbons (Fsp3) is 0.400. The highest BCUT2D eigenvalue weighted by Crippen LogP contribution is 2.51. The Bertz CT molecular complexity index is 679. The third-order valence-corrected chi connectivity index (χ3v) is 4.39. The van der Waals surface area contributed by atoms with Crippen LogP contribution in [0.2, 0.25) is 0 Å². The summed E-state index contributed by atoms with van der Waals surface area (Å²) in [6, 6.07) is 0.665. The second-order valence-electron chi connectivity index (χ2n) is 4.40. The molecule has 23 heavy (non-hydrogen) atoms. The molecule has 13 heteroatoms. The van der Waals surface area contributed by atoms with Crippen LogP contribution in [0.3, 0.4) is 0 Å². The molecular weight excluding hydrogens is 488 g/mol. The normalized spacial score (nSPS) is 14.0. The molecule has 0 aromatic heterocycles. The molecule has 1 aromatic rings. The van der Waals surface area contributed by atoms with Crippen LogP contribution in [0.25, 0.3) is 0 Å². The van der Waals surface area contributed by atoms with Gasteiger partial charge in [-0.05, 0) is 44.0 Å². The smallest absolute Gasteiger partial charge is 0.369 e. The average Bonchev–Trinajstić information content (AvgIpc) is 2.28. The van der Waals surface area contributed by atoms with Gasteiger partial charge in [-0.1, -0.05) is 0 Å². The predicted octanol–water partition coefficient (Wildman–Crippen LogP) is 3.90. The molecule has 0 amide bonds. The van der Waals surface area contributed by atoms with Gasteiger partial charge in [-0.15, -0.1) is 0 Å². The van der Waals surface area contributed by atoms with E-state index >= 15 is 0 Å². The zero-order valence-electron chi connectivity index (χ0n) is 10.9. The first-order valence-corrected chi connectivity index (χ1v) is 8.81. The van der Waals surface area contributed by atoms with Gasteiger partial charge in [-0.3, -0.25) is 4.72 Å². The number of anilines is 1. The third kappa shape index (κ3) is 4.12. The Balaban J connectivity index is 3.62. The van der Waals surface area contributed by atoms with E-state index in [1.54, 1.807) is 0 Å². The molecule has 0 spiro atoms. The molecule has 132 valence electrons.